The Bertz CT molecular complexity index is 415. The summed E-state index contributed by atoms with van der Waals surface area (Å²) in [7, 11) is 1.90. The lowest BCUT2D eigenvalue weighted by Crippen LogP contribution is -2.39. The molecule has 0 bridgehead atoms. The SMILES string of the molecule is CNC(C)c1csc(NC(=O)NC2CCCCC2)n1. The van der Waals surface area contributed by atoms with Crippen LogP contribution in [0, 0.1) is 0 Å². The van der Waals surface area contributed by atoms with Gasteiger partial charge in [-0.1, -0.05) is 19.3 Å². The minimum Gasteiger partial charge on any atom is -0.335 e. The Balaban J connectivity index is 1.82. The van der Waals surface area contributed by atoms with E-state index in [4.69, 9.17) is 0 Å². The molecule has 0 aromatic carbocycles. The van der Waals surface area contributed by atoms with Crippen LogP contribution in [0.2, 0.25) is 0 Å². The van der Waals surface area contributed by atoms with Crippen molar-refractivity contribution in [2.75, 3.05) is 12.4 Å². The predicted molar refractivity (Wildman–Crippen MR) is 78.6 cm³/mol. The van der Waals surface area contributed by atoms with Gasteiger partial charge >= 0.3 is 6.03 Å². The number of rotatable bonds is 4. The molecule has 106 valence electrons. The zero-order valence-electron chi connectivity index (χ0n) is 11.5. The van der Waals surface area contributed by atoms with Crippen LogP contribution in [0.3, 0.4) is 0 Å². The van der Waals surface area contributed by atoms with Gasteiger partial charge < -0.3 is 10.6 Å². The van der Waals surface area contributed by atoms with Crippen molar-refractivity contribution in [3.8, 4) is 0 Å². The molecule has 2 amide bonds. The average molecular weight is 282 g/mol. The normalized spacial score (nSPS) is 18.0. The van der Waals surface area contributed by atoms with E-state index in [-0.39, 0.29) is 12.1 Å². The summed E-state index contributed by atoms with van der Waals surface area (Å²) in [5.74, 6) is 0. The second-order valence-electron chi connectivity index (χ2n) is 5.02. The Morgan fingerprint density at radius 1 is 1.42 bits per heavy atom. The van der Waals surface area contributed by atoms with Crippen LogP contribution in [0.1, 0.15) is 50.8 Å². The van der Waals surface area contributed by atoms with Gasteiger partial charge in [0.05, 0.1) is 5.69 Å². The van der Waals surface area contributed by atoms with Crippen LogP contribution in [-0.4, -0.2) is 24.1 Å². The van der Waals surface area contributed by atoms with E-state index in [9.17, 15) is 4.79 Å². The molecule has 0 aliphatic heterocycles. The number of nitrogens with zero attached hydrogens (tertiary/aromatic N) is 1. The number of hydrogen-bond acceptors (Lipinski definition) is 4. The molecule has 1 aromatic heterocycles. The van der Waals surface area contributed by atoms with Crippen molar-refractivity contribution in [3.63, 3.8) is 0 Å². The second kappa shape index (κ2) is 6.86. The molecule has 5 nitrogen and oxygen atoms in total. The highest BCUT2D eigenvalue weighted by Crippen LogP contribution is 2.21. The van der Waals surface area contributed by atoms with Gasteiger partial charge in [0, 0.05) is 17.5 Å². The number of thiazole rings is 1. The third kappa shape index (κ3) is 4.18. The van der Waals surface area contributed by atoms with Crippen LogP contribution in [-0.2, 0) is 0 Å². The predicted octanol–water partition coefficient (Wildman–Crippen LogP) is 2.88. The highest BCUT2D eigenvalue weighted by atomic mass is 32.1. The van der Waals surface area contributed by atoms with Gasteiger partial charge in [-0.3, -0.25) is 5.32 Å². The zero-order valence-corrected chi connectivity index (χ0v) is 12.3. The molecule has 2 rings (SSSR count). The summed E-state index contributed by atoms with van der Waals surface area (Å²) in [6, 6.07) is 0.391. The molecule has 3 N–H and O–H groups in total. The molecular weight excluding hydrogens is 260 g/mol. The molecule has 0 spiro atoms. The second-order valence-corrected chi connectivity index (χ2v) is 5.88. The van der Waals surface area contributed by atoms with Crippen molar-refractivity contribution in [1.29, 1.82) is 0 Å². The fourth-order valence-corrected chi connectivity index (χ4v) is 3.05. The van der Waals surface area contributed by atoms with Gasteiger partial charge in [0.1, 0.15) is 0 Å². The molecule has 19 heavy (non-hydrogen) atoms. The van der Waals surface area contributed by atoms with Gasteiger partial charge in [-0.25, -0.2) is 9.78 Å². The summed E-state index contributed by atoms with van der Waals surface area (Å²) in [6.07, 6.45) is 5.90. The molecule has 0 radical (unpaired) electrons. The molecule has 1 aliphatic carbocycles. The maximum absolute atomic E-state index is 11.9. The Morgan fingerprint density at radius 3 is 2.84 bits per heavy atom. The molecule has 1 atom stereocenters. The minimum atomic E-state index is -0.134. The number of aromatic nitrogens is 1. The fourth-order valence-electron chi connectivity index (χ4n) is 2.26. The van der Waals surface area contributed by atoms with Crippen LogP contribution < -0.4 is 16.0 Å². The van der Waals surface area contributed by atoms with Crippen molar-refractivity contribution in [3.05, 3.63) is 11.1 Å². The lowest BCUT2D eigenvalue weighted by molar-refractivity contribution is 0.244. The summed E-state index contributed by atoms with van der Waals surface area (Å²) in [6.45, 7) is 2.04. The Kier molecular flexibility index (Phi) is 5.15. The molecule has 1 saturated carbocycles. The third-order valence-corrected chi connectivity index (χ3v) is 4.34. The quantitative estimate of drug-likeness (QED) is 0.795. The van der Waals surface area contributed by atoms with E-state index < -0.39 is 0 Å². The third-order valence-electron chi connectivity index (χ3n) is 3.56. The Hall–Kier alpha value is -1.14. The lowest BCUT2D eigenvalue weighted by Gasteiger charge is -2.22. The molecule has 1 aromatic rings. The van der Waals surface area contributed by atoms with Crippen LogP contribution in [0.4, 0.5) is 9.93 Å². The monoisotopic (exact) mass is 282 g/mol. The van der Waals surface area contributed by atoms with E-state index in [0.29, 0.717) is 11.2 Å². The van der Waals surface area contributed by atoms with Crippen molar-refractivity contribution in [2.24, 2.45) is 0 Å². The standard InChI is InChI=1S/C13H22N4OS/c1-9(14-2)11-8-19-13(16-11)17-12(18)15-10-6-4-3-5-7-10/h8-10,14H,3-7H2,1-2H3,(H2,15,16,17,18). The summed E-state index contributed by atoms with van der Waals surface area (Å²) in [4.78, 5) is 16.3. The average Bonchev–Trinajstić information content (AvgIpc) is 2.87. The number of urea groups is 1. The summed E-state index contributed by atoms with van der Waals surface area (Å²) >= 11 is 1.46. The van der Waals surface area contributed by atoms with Crippen molar-refractivity contribution >= 4 is 22.5 Å². The van der Waals surface area contributed by atoms with Crippen LogP contribution in [0.15, 0.2) is 5.38 Å². The summed E-state index contributed by atoms with van der Waals surface area (Å²) in [5, 5.41) is 11.6. The molecule has 1 aliphatic rings. The van der Waals surface area contributed by atoms with Gasteiger partial charge in [-0.2, -0.15) is 0 Å². The van der Waals surface area contributed by atoms with E-state index in [1.807, 2.05) is 19.4 Å². The van der Waals surface area contributed by atoms with Crippen LogP contribution in [0.5, 0.6) is 0 Å². The number of nitrogens with one attached hydrogen (secondary N) is 3. The zero-order chi connectivity index (χ0) is 13.7. The number of anilines is 1. The molecule has 1 heterocycles. The van der Waals surface area contributed by atoms with E-state index in [0.717, 1.165) is 18.5 Å². The number of carbonyl (C=O) groups is 1. The van der Waals surface area contributed by atoms with Gasteiger partial charge in [0.25, 0.3) is 0 Å². The van der Waals surface area contributed by atoms with Gasteiger partial charge in [-0.15, -0.1) is 11.3 Å². The first-order chi connectivity index (χ1) is 9.19. The highest BCUT2D eigenvalue weighted by Gasteiger charge is 2.16. The number of carbonyl (C=O) groups excluding carboxylic acids is 1. The van der Waals surface area contributed by atoms with Crippen LogP contribution in [0.25, 0.3) is 0 Å². The van der Waals surface area contributed by atoms with Gasteiger partial charge in [0.2, 0.25) is 0 Å². The number of hydrogen-bond donors (Lipinski definition) is 3. The molecular formula is C13H22N4OS. The van der Waals surface area contributed by atoms with Crippen molar-refractivity contribution in [2.45, 2.75) is 51.1 Å². The van der Waals surface area contributed by atoms with E-state index in [2.05, 4.69) is 20.9 Å². The van der Waals surface area contributed by atoms with Crippen molar-refractivity contribution in [1.82, 2.24) is 15.6 Å². The molecule has 1 fully saturated rings. The Labute approximate surface area is 118 Å². The van der Waals surface area contributed by atoms with E-state index in [1.54, 1.807) is 0 Å². The maximum Gasteiger partial charge on any atom is 0.321 e. The van der Waals surface area contributed by atoms with Crippen molar-refractivity contribution < 1.29 is 4.79 Å². The largest absolute Gasteiger partial charge is 0.335 e. The van der Waals surface area contributed by atoms with Crippen LogP contribution >= 0.6 is 11.3 Å². The van der Waals surface area contributed by atoms with Gasteiger partial charge in [0.15, 0.2) is 5.13 Å². The lowest BCUT2D eigenvalue weighted by atomic mass is 9.96. The first kappa shape index (κ1) is 14.3. The number of amides is 2. The molecule has 1 unspecified atom stereocenters. The molecule has 6 heteroatoms. The topological polar surface area (TPSA) is 66.0 Å². The Morgan fingerprint density at radius 2 is 2.16 bits per heavy atom. The van der Waals surface area contributed by atoms with E-state index in [1.165, 1.54) is 30.6 Å². The first-order valence-corrected chi connectivity index (χ1v) is 7.77. The minimum absolute atomic E-state index is 0.134. The fraction of sp³-hybridized carbons (Fsp3) is 0.692. The van der Waals surface area contributed by atoms with E-state index >= 15 is 0 Å². The smallest absolute Gasteiger partial charge is 0.321 e. The summed E-state index contributed by atoms with van der Waals surface area (Å²) in [5.41, 5.74) is 0.959. The first-order valence-electron chi connectivity index (χ1n) is 6.89. The maximum atomic E-state index is 11.9. The molecule has 0 saturated heterocycles. The highest BCUT2D eigenvalue weighted by molar-refractivity contribution is 7.13. The summed E-state index contributed by atoms with van der Waals surface area (Å²) < 4.78 is 0. The van der Waals surface area contributed by atoms with Gasteiger partial charge in [-0.05, 0) is 26.8 Å².